The highest BCUT2D eigenvalue weighted by atomic mass is 35.5. The summed E-state index contributed by atoms with van der Waals surface area (Å²) in [6.07, 6.45) is 2.18. The molecule has 0 radical (unpaired) electrons. The van der Waals surface area contributed by atoms with Crippen LogP contribution in [0.15, 0.2) is 18.2 Å². The van der Waals surface area contributed by atoms with E-state index >= 15 is 0 Å². The molecule has 0 saturated heterocycles. The molecule has 0 atom stereocenters. The highest BCUT2D eigenvalue weighted by Gasteiger charge is 1.99. The van der Waals surface area contributed by atoms with Crippen LogP contribution in [-0.2, 0) is 6.42 Å². The van der Waals surface area contributed by atoms with Gasteiger partial charge in [0.15, 0.2) is 0 Å². The zero-order valence-corrected chi connectivity index (χ0v) is 8.99. The number of aryl methyl sites for hydroxylation is 1. The minimum Gasteiger partial charge on any atom is -0.385 e. The molecule has 0 spiro atoms. The van der Waals surface area contributed by atoms with E-state index in [2.05, 4.69) is 25.2 Å². The fourth-order valence-corrected chi connectivity index (χ4v) is 1.45. The molecule has 1 nitrogen and oxygen atoms in total. The number of benzene rings is 1. The molecule has 13 heavy (non-hydrogen) atoms. The van der Waals surface area contributed by atoms with E-state index in [1.807, 2.05) is 12.1 Å². The number of hydrogen-bond donors (Lipinski definition) is 1. The first-order chi connectivity index (χ1) is 6.27. The summed E-state index contributed by atoms with van der Waals surface area (Å²) in [5.74, 6) is 0. The van der Waals surface area contributed by atoms with Gasteiger partial charge in [0, 0.05) is 17.3 Å². The van der Waals surface area contributed by atoms with Gasteiger partial charge in [-0.3, -0.25) is 0 Å². The van der Waals surface area contributed by atoms with Crippen LogP contribution in [0.25, 0.3) is 0 Å². The maximum absolute atomic E-state index is 5.91. The Morgan fingerprint density at radius 2 is 2.08 bits per heavy atom. The smallest absolute Gasteiger partial charge is 0.0426 e. The summed E-state index contributed by atoms with van der Waals surface area (Å²) in [6.45, 7) is 5.32. The molecule has 0 heterocycles. The summed E-state index contributed by atoms with van der Waals surface area (Å²) in [6, 6.07) is 6.02. The Hall–Kier alpha value is -0.690. The van der Waals surface area contributed by atoms with Gasteiger partial charge in [-0.2, -0.15) is 0 Å². The lowest BCUT2D eigenvalue weighted by Crippen LogP contribution is -2.02. The summed E-state index contributed by atoms with van der Waals surface area (Å²) in [5, 5.41) is 4.17. The lowest BCUT2D eigenvalue weighted by molar-refractivity contribution is 0.972. The Morgan fingerprint density at radius 1 is 1.31 bits per heavy atom. The molecule has 2 heteroatoms. The van der Waals surface area contributed by atoms with Crippen molar-refractivity contribution in [1.29, 1.82) is 0 Å². The van der Waals surface area contributed by atoms with Crippen LogP contribution in [0.2, 0.25) is 5.02 Å². The average molecular weight is 198 g/mol. The van der Waals surface area contributed by atoms with Gasteiger partial charge >= 0.3 is 0 Å². The van der Waals surface area contributed by atoms with Crippen LogP contribution >= 0.6 is 11.6 Å². The van der Waals surface area contributed by atoms with Crippen LogP contribution < -0.4 is 5.32 Å². The van der Waals surface area contributed by atoms with E-state index in [0.29, 0.717) is 0 Å². The highest BCUT2D eigenvalue weighted by molar-refractivity contribution is 6.30. The molecule has 0 bridgehead atoms. The van der Waals surface area contributed by atoms with Crippen molar-refractivity contribution >= 4 is 17.3 Å². The Morgan fingerprint density at radius 3 is 2.69 bits per heavy atom. The zero-order valence-electron chi connectivity index (χ0n) is 8.23. The first kappa shape index (κ1) is 10.4. The van der Waals surface area contributed by atoms with Crippen molar-refractivity contribution in [3.05, 3.63) is 28.8 Å². The molecule has 0 aliphatic carbocycles. The molecule has 0 aliphatic heterocycles. The van der Waals surface area contributed by atoms with Gasteiger partial charge in [-0.25, -0.2) is 0 Å². The van der Waals surface area contributed by atoms with E-state index in [4.69, 9.17) is 11.6 Å². The van der Waals surface area contributed by atoms with Gasteiger partial charge in [0.1, 0.15) is 0 Å². The van der Waals surface area contributed by atoms with Gasteiger partial charge in [0.25, 0.3) is 0 Å². The van der Waals surface area contributed by atoms with E-state index in [9.17, 15) is 0 Å². The normalized spacial score (nSPS) is 10.1. The Balaban J connectivity index is 2.81. The number of rotatable bonds is 4. The standard InChI is InChI=1S/C11H16ClN/c1-3-7-13-11-8-10(12)6-5-9(11)4-2/h5-6,8,13H,3-4,7H2,1-2H3. The monoisotopic (exact) mass is 197 g/mol. The molecule has 1 rings (SSSR count). The van der Waals surface area contributed by atoms with E-state index < -0.39 is 0 Å². The summed E-state index contributed by atoms with van der Waals surface area (Å²) in [7, 11) is 0. The molecule has 1 aromatic rings. The van der Waals surface area contributed by atoms with Crippen molar-refractivity contribution in [2.45, 2.75) is 26.7 Å². The fraction of sp³-hybridized carbons (Fsp3) is 0.455. The maximum atomic E-state index is 5.91. The zero-order chi connectivity index (χ0) is 9.68. The molecule has 0 aromatic heterocycles. The van der Waals surface area contributed by atoms with Gasteiger partial charge in [0.2, 0.25) is 0 Å². The van der Waals surface area contributed by atoms with E-state index in [1.165, 1.54) is 11.3 Å². The minimum atomic E-state index is 0.802. The number of nitrogens with one attached hydrogen (secondary N) is 1. The third-order valence-corrected chi connectivity index (χ3v) is 2.25. The van der Waals surface area contributed by atoms with Crippen LogP contribution in [0.3, 0.4) is 0 Å². The molecule has 0 unspecified atom stereocenters. The van der Waals surface area contributed by atoms with Crippen LogP contribution in [0.4, 0.5) is 5.69 Å². The second-order valence-electron chi connectivity index (χ2n) is 3.08. The average Bonchev–Trinajstić information content (AvgIpc) is 2.15. The lowest BCUT2D eigenvalue weighted by atomic mass is 10.1. The first-order valence-corrected chi connectivity index (χ1v) is 5.18. The predicted molar refractivity (Wildman–Crippen MR) is 59.6 cm³/mol. The highest BCUT2D eigenvalue weighted by Crippen LogP contribution is 2.21. The first-order valence-electron chi connectivity index (χ1n) is 4.80. The maximum Gasteiger partial charge on any atom is 0.0426 e. The predicted octanol–water partition coefficient (Wildman–Crippen LogP) is 3.72. The third-order valence-electron chi connectivity index (χ3n) is 2.02. The van der Waals surface area contributed by atoms with Crippen molar-refractivity contribution in [2.75, 3.05) is 11.9 Å². The second-order valence-corrected chi connectivity index (χ2v) is 3.52. The summed E-state index contributed by atoms with van der Waals surface area (Å²) in [5.41, 5.74) is 2.51. The van der Waals surface area contributed by atoms with Gasteiger partial charge < -0.3 is 5.32 Å². The lowest BCUT2D eigenvalue weighted by Gasteiger charge is -2.10. The third kappa shape index (κ3) is 2.92. The molecule has 72 valence electrons. The van der Waals surface area contributed by atoms with E-state index in [-0.39, 0.29) is 0 Å². The summed E-state index contributed by atoms with van der Waals surface area (Å²) < 4.78 is 0. The summed E-state index contributed by atoms with van der Waals surface area (Å²) in [4.78, 5) is 0. The minimum absolute atomic E-state index is 0.802. The van der Waals surface area contributed by atoms with Crippen LogP contribution in [0.5, 0.6) is 0 Å². The molecule has 0 amide bonds. The molecule has 0 aliphatic rings. The van der Waals surface area contributed by atoms with Crippen molar-refractivity contribution in [3.8, 4) is 0 Å². The Kier molecular flexibility index (Phi) is 4.10. The molecule has 1 N–H and O–H groups in total. The molecule has 0 fully saturated rings. The second kappa shape index (κ2) is 5.13. The fourth-order valence-electron chi connectivity index (χ4n) is 1.28. The van der Waals surface area contributed by atoms with Crippen molar-refractivity contribution in [1.82, 2.24) is 0 Å². The largest absolute Gasteiger partial charge is 0.385 e. The molecule has 1 aromatic carbocycles. The van der Waals surface area contributed by atoms with Gasteiger partial charge in [-0.15, -0.1) is 0 Å². The van der Waals surface area contributed by atoms with Gasteiger partial charge in [-0.05, 0) is 30.5 Å². The van der Waals surface area contributed by atoms with Crippen LogP contribution in [0.1, 0.15) is 25.8 Å². The van der Waals surface area contributed by atoms with Crippen molar-refractivity contribution in [3.63, 3.8) is 0 Å². The van der Waals surface area contributed by atoms with Crippen LogP contribution in [-0.4, -0.2) is 6.54 Å². The SMILES string of the molecule is CCCNc1cc(Cl)ccc1CC. The van der Waals surface area contributed by atoms with Crippen LogP contribution in [0, 0.1) is 0 Å². The topological polar surface area (TPSA) is 12.0 Å². The van der Waals surface area contributed by atoms with E-state index in [0.717, 1.165) is 24.4 Å². The quantitative estimate of drug-likeness (QED) is 0.776. The number of anilines is 1. The molecular weight excluding hydrogens is 182 g/mol. The number of hydrogen-bond acceptors (Lipinski definition) is 1. The molecule has 0 saturated carbocycles. The molecular formula is C11H16ClN. The van der Waals surface area contributed by atoms with Gasteiger partial charge in [-0.1, -0.05) is 31.5 Å². The van der Waals surface area contributed by atoms with Crippen molar-refractivity contribution in [2.24, 2.45) is 0 Å². The number of halogens is 1. The van der Waals surface area contributed by atoms with E-state index in [1.54, 1.807) is 0 Å². The Labute approximate surface area is 85.1 Å². The Bertz CT molecular complexity index is 271. The van der Waals surface area contributed by atoms with Crippen molar-refractivity contribution < 1.29 is 0 Å². The van der Waals surface area contributed by atoms with Gasteiger partial charge in [0.05, 0.1) is 0 Å². The summed E-state index contributed by atoms with van der Waals surface area (Å²) >= 11 is 5.91.